The summed E-state index contributed by atoms with van der Waals surface area (Å²) < 4.78 is 11.2. The molecule has 26 heavy (non-hydrogen) atoms. The Kier molecular flexibility index (Phi) is 6.98. The molecule has 1 fully saturated rings. The number of hydrogen-bond acceptors (Lipinski definition) is 5. The van der Waals surface area contributed by atoms with Crippen LogP contribution in [0.1, 0.15) is 41.0 Å². The summed E-state index contributed by atoms with van der Waals surface area (Å²) >= 11 is 0. The van der Waals surface area contributed by atoms with Gasteiger partial charge in [0.15, 0.2) is 8.32 Å². The number of carbonyl (C=O) groups is 3. The predicted molar refractivity (Wildman–Crippen MR) is 103 cm³/mol. The Bertz CT molecular complexity index is 581. The molecule has 0 aromatic rings. The zero-order chi connectivity index (χ0) is 20.3. The summed E-state index contributed by atoms with van der Waals surface area (Å²) in [5, 5.41) is 2.80. The van der Waals surface area contributed by atoms with Gasteiger partial charge in [0, 0.05) is 6.61 Å². The van der Waals surface area contributed by atoms with Crippen molar-refractivity contribution in [2.75, 3.05) is 13.2 Å². The van der Waals surface area contributed by atoms with E-state index in [1.165, 1.54) is 19.9 Å². The molecule has 0 bridgehead atoms. The lowest BCUT2D eigenvalue weighted by Gasteiger charge is -2.45. The minimum Gasteiger partial charge on any atom is -0.461 e. The van der Waals surface area contributed by atoms with Crippen molar-refractivity contribution in [1.82, 2.24) is 5.32 Å². The molecule has 148 valence electrons. The lowest BCUT2D eigenvalue weighted by atomic mass is 9.68. The zero-order valence-electron chi connectivity index (χ0n) is 17.1. The van der Waals surface area contributed by atoms with Crippen LogP contribution < -0.4 is 5.32 Å². The molecule has 1 aliphatic heterocycles. The third-order valence-electron chi connectivity index (χ3n) is 5.84. The second-order valence-electron chi connectivity index (χ2n) is 8.64. The van der Waals surface area contributed by atoms with Gasteiger partial charge in [-0.15, -0.1) is 0 Å². The molecule has 1 rings (SSSR count). The van der Waals surface area contributed by atoms with Gasteiger partial charge in [0.25, 0.3) is 0 Å². The molecular weight excluding hydrogens is 350 g/mol. The molecule has 0 radical (unpaired) electrons. The maximum atomic E-state index is 12.4. The van der Waals surface area contributed by atoms with Gasteiger partial charge in [-0.1, -0.05) is 33.4 Å². The van der Waals surface area contributed by atoms with Crippen LogP contribution >= 0.6 is 0 Å². The van der Waals surface area contributed by atoms with Crippen LogP contribution in [-0.4, -0.2) is 45.2 Å². The van der Waals surface area contributed by atoms with Crippen molar-refractivity contribution < 1.29 is 23.5 Å². The van der Waals surface area contributed by atoms with E-state index in [0.717, 1.165) is 0 Å². The Morgan fingerprint density at radius 1 is 1.27 bits per heavy atom. The van der Waals surface area contributed by atoms with Crippen molar-refractivity contribution in [3.8, 4) is 0 Å². The maximum absolute atomic E-state index is 12.4. The van der Waals surface area contributed by atoms with E-state index in [1.807, 2.05) is 0 Å². The van der Waals surface area contributed by atoms with Gasteiger partial charge in [0.2, 0.25) is 5.91 Å². The molecule has 0 aliphatic carbocycles. The molecule has 1 heterocycles. The first-order chi connectivity index (χ1) is 11.8. The van der Waals surface area contributed by atoms with Crippen molar-refractivity contribution in [1.29, 1.82) is 0 Å². The Hall–Kier alpha value is -1.47. The van der Waals surface area contributed by atoms with Crippen LogP contribution in [-0.2, 0) is 23.5 Å². The molecule has 1 amide bonds. The fraction of sp³-hybridized carbons (Fsp3) is 0.737. The van der Waals surface area contributed by atoms with E-state index in [4.69, 9.17) is 9.16 Å². The van der Waals surface area contributed by atoms with E-state index >= 15 is 0 Å². The third kappa shape index (κ3) is 4.43. The highest BCUT2D eigenvalue weighted by molar-refractivity contribution is 6.74. The summed E-state index contributed by atoms with van der Waals surface area (Å²) in [7, 11) is -1.91. The molecular formula is C19H33NO5Si. The van der Waals surface area contributed by atoms with E-state index in [1.54, 1.807) is 0 Å². The van der Waals surface area contributed by atoms with Crippen LogP contribution in [0.3, 0.4) is 0 Å². The van der Waals surface area contributed by atoms with Gasteiger partial charge in [0.1, 0.15) is 17.8 Å². The number of ether oxygens (including phenoxy) is 1. The third-order valence-corrected chi connectivity index (χ3v) is 10.4. The smallest absolute Gasteiger partial charge is 0.321 e. The number of ketones is 1. The zero-order valence-corrected chi connectivity index (χ0v) is 18.1. The second kappa shape index (κ2) is 8.04. The van der Waals surface area contributed by atoms with Crippen LogP contribution in [0, 0.1) is 11.3 Å². The fourth-order valence-electron chi connectivity index (χ4n) is 2.69. The molecule has 1 saturated heterocycles. The highest BCUT2D eigenvalue weighted by Crippen LogP contribution is 2.39. The topological polar surface area (TPSA) is 81.7 Å². The normalized spacial score (nSPS) is 22.7. The van der Waals surface area contributed by atoms with Crippen LogP contribution in [0.4, 0.5) is 0 Å². The molecule has 1 N–H and O–H groups in total. The first-order valence-electron chi connectivity index (χ1n) is 9.02. The van der Waals surface area contributed by atoms with Crippen LogP contribution in [0.25, 0.3) is 0 Å². The number of Topliss-reactive ketones (excluding diaryl/α,β-unsaturated/α-hetero) is 1. The first-order valence-corrected chi connectivity index (χ1v) is 11.9. The van der Waals surface area contributed by atoms with Gasteiger partial charge in [0.05, 0.1) is 12.0 Å². The van der Waals surface area contributed by atoms with E-state index in [2.05, 4.69) is 45.8 Å². The molecule has 0 spiro atoms. The van der Waals surface area contributed by atoms with Gasteiger partial charge in [-0.25, -0.2) is 0 Å². The molecule has 0 aromatic heterocycles. The summed E-state index contributed by atoms with van der Waals surface area (Å²) in [5.41, 5.74) is -1.40. The maximum Gasteiger partial charge on any atom is 0.321 e. The minimum atomic E-state index is -1.91. The lowest BCUT2D eigenvalue weighted by Crippen LogP contribution is -2.69. The van der Waals surface area contributed by atoms with Crippen LogP contribution in [0.15, 0.2) is 12.7 Å². The van der Waals surface area contributed by atoms with Gasteiger partial charge >= 0.3 is 5.97 Å². The molecule has 0 unspecified atom stereocenters. The summed E-state index contributed by atoms with van der Waals surface area (Å²) in [4.78, 5) is 36.7. The lowest BCUT2D eigenvalue weighted by molar-refractivity contribution is -0.166. The molecule has 6 nitrogen and oxygen atoms in total. The Morgan fingerprint density at radius 3 is 2.27 bits per heavy atom. The number of β-lactam (4-membered cyclic amide) rings is 1. The number of esters is 1. The number of amides is 1. The van der Waals surface area contributed by atoms with E-state index in [0.29, 0.717) is 13.0 Å². The number of rotatable bonds is 9. The predicted octanol–water partition coefficient (Wildman–Crippen LogP) is 2.84. The van der Waals surface area contributed by atoms with Crippen molar-refractivity contribution >= 4 is 26.0 Å². The van der Waals surface area contributed by atoms with Gasteiger partial charge in [-0.2, -0.15) is 0 Å². The first kappa shape index (κ1) is 22.6. The average molecular weight is 384 g/mol. The summed E-state index contributed by atoms with van der Waals surface area (Å²) in [6, 6.07) is -0.576. The van der Waals surface area contributed by atoms with Crippen LogP contribution in [0.5, 0.6) is 0 Å². The minimum absolute atomic E-state index is 0.0293. The Morgan fingerprint density at radius 2 is 1.85 bits per heavy atom. The highest BCUT2D eigenvalue weighted by Gasteiger charge is 2.57. The summed E-state index contributed by atoms with van der Waals surface area (Å²) in [6.07, 6.45) is 1.92. The number of carbonyl (C=O) groups excluding carboxylic acids is 3. The quantitative estimate of drug-likeness (QED) is 0.218. The van der Waals surface area contributed by atoms with E-state index < -0.39 is 31.7 Å². The van der Waals surface area contributed by atoms with Crippen LogP contribution in [0.2, 0.25) is 18.1 Å². The number of hydrogen-bond donors (Lipinski definition) is 1. The molecule has 3 atom stereocenters. The largest absolute Gasteiger partial charge is 0.461 e. The van der Waals surface area contributed by atoms with Crippen molar-refractivity contribution in [3.63, 3.8) is 0 Å². The molecule has 0 saturated carbocycles. The summed E-state index contributed by atoms with van der Waals surface area (Å²) in [5.74, 6) is -1.56. The Balaban J connectivity index is 2.83. The van der Waals surface area contributed by atoms with Gasteiger partial charge < -0.3 is 14.5 Å². The SMILES string of the molecule is C=CCOC(=O)[C@@](C)(C(C)=O)[C@H]1NC(=O)[C@H]1CCO[Si](C)(C)C(C)(C)C. The van der Waals surface area contributed by atoms with Gasteiger partial charge in [-0.05, 0) is 38.4 Å². The highest BCUT2D eigenvalue weighted by atomic mass is 28.4. The molecule has 1 aliphatic rings. The van der Waals surface area contributed by atoms with Crippen molar-refractivity contribution in [2.24, 2.45) is 11.3 Å². The van der Waals surface area contributed by atoms with E-state index in [9.17, 15) is 14.4 Å². The number of nitrogens with one attached hydrogen (secondary N) is 1. The summed E-state index contributed by atoms with van der Waals surface area (Å²) in [6.45, 7) is 17.6. The molecule has 0 aromatic carbocycles. The van der Waals surface area contributed by atoms with Crippen molar-refractivity contribution in [3.05, 3.63) is 12.7 Å². The average Bonchev–Trinajstić information content (AvgIpc) is 2.52. The fourth-order valence-corrected chi connectivity index (χ4v) is 3.75. The Labute approximate surface area is 157 Å². The van der Waals surface area contributed by atoms with Gasteiger partial charge in [-0.3, -0.25) is 14.4 Å². The standard InChI is InChI=1S/C19H33NO5Si/c1-9-11-24-17(23)19(6,13(2)21)15-14(16(22)20-15)10-12-25-26(7,8)18(3,4)5/h9,14-15H,1,10-12H2,2-8H3,(H,20,22)/t14-,15-,19-/m0/s1. The van der Waals surface area contributed by atoms with Crippen molar-refractivity contribution in [2.45, 2.75) is 65.2 Å². The second-order valence-corrected chi connectivity index (χ2v) is 13.4. The molecule has 7 heteroatoms. The van der Waals surface area contributed by atoms with E-state index in [-0.39, 0.29) is 23.3 Å². The monoisotopic (exact) mass is 383 g/mol.